The zero-order valence-electron chi connectivity index (χ0n) is 16.5. The first kappa shape index (κ1) is 24.0. The molecule has 0 aliphatic rings. The summed E-state index contributed by atoms with van der Waals surface area (Å²) >= 11 is 0. The van der Waals surface area contributed by atoms with E-state index in [4.69, 9.17) is 5.11 Å². The summed E-state index contributed by atoms with van der Waals surface area (Å²) < 4.78 is 0. The van der Waals surface area contributed by atoms with Gasteiger partial charge in [-0.05, 0) is 62.6 Å². The average Bonchev–Trinajstić information content (AvgIpc) is 2.62. The molecule has 0 aliphatic carbocycles. The van der Waals surface area contributed by atoms with Gasteiger partial charge in [-0.25, -0.2) is 0 Å². The highest BCUT2D eigenvalue weighted by Gasteiger charge is 1.96. The van der Waals surface area contributed by atoms with Gasteiger partial charge in [-0.2, -0.15) is 0 Å². The summed E-state index contributed by atoms with van der Waals surface area (Å²) in [5.74, 6) is -0.668. The Morgan fingerprint density at radius 2 is 1.15 bits per heavy atom. The van der Waals surface area contributed by atoms with Crippen molar-refractivity contribution in [2.75, 3.05) is 0 Å². The van der Waals surface area contributed by atoms with Crippen molar-refractivity contribution >= 4 is 5.97 Å². The SMILES string of the molecule is CC=C=CC=C=CC=C=CCCCCCCCCCCCCCC(=O)O. The second-order valence-corrected chi connectivity index (χ2v) is 6.48. The lowest BCUT2D eigenvalue weighted by Gasteiger charge is -2.02. The Balaban J connectivity index is 3.33. The summed E-state index contributed by atoms with van der Waals surface area (Å²) in [4.78, 5) is 10.4. The molecular weight excluding hydrogens is 320 g/mol. The third kappa shape index (κ3) is 22.0. The van der Waals surface area contributed by atoms with Crippen LogP contribution >= 0.6 is 0 Å². The van der Waals surface area contributed by atoms with Crippen LogP contribution in [0.2, 0.25) is 0 Å². The van der Waals surface area contributed by atoms with E-state index >= 15 is 0 Å². The lowest BCUT2D eigenvalue weighted by molar-refractivity contribution is -0.137. The smallest absolute Gasteiger partial charge is 0.303 e. The Morgan fingerprint density at radius 1 is 0.692 bits per heavy atom. The molecule has 2 nitrogen and oxygen atoms in total. The monoisotopic (exact) mass is 356 g/mol. The molecule has 1 N–H and O–H groups in total. The number of hydrogen-bond donors (Lipinski definition) is 1. The second kappa shape index (κ2) is 21.1. The maximum atomic E-state index is 10.4. The molecule has 0 fully saturated rings. The molecule has 0 aromatic rings. The molecule has 0 aromatic heterocycles. The average molecular weight is 357 g/mol. The first-order valence-electron chi connectivity index (χ1n) is 10.2. The second-order valence-electron chi connectivity index (χ2n) is 6.48. The maximum absolute atomic E-state index is 10.4. The van der Waals surface area contributed by atoms with E-state index in [2.05, 4.69) is 23.3 Å². The summed E-state index contributed by atoms with van der Waals surface area (Å²) in [5, 5.41) is 8.56. The summed E-state index contributed by atoms with van der Waals surface area (Å²) in [6.07, 6.45) is 26.3. The van der Waals surface area contributed by atoms with Crippen molar-refractivity contribution in [2.24, 2.45) is 0 Å². The first-order chi connectivity index (χ1) is 12.8. The minimum absolute atomic E-state index is 0.327. The van der Waals surface area contributed by atoms with Gasteiger partial charge in [-0.1, -0.05) is 57.8 Å². The fourth-order valence-corrected chi connectivity index (χ4v) is 2.61. The molecule has 0 rings (SSSR count). The summed E-state index contributed by atoms with van der Waals surface area (Å²) in [7, 11) is 0. The molecule has 0 unspecified atom stereocenters. The minimum Gasteiger partial charge on any atom is -0.481 e. The van der Waals surface area contributed by atoms with E-state index < -0.39 is 5.97 Å². The van der Waals surface area contributed by atoms with Gasteiger partial charge in [0.1, 0.15) is 0 Å². The zero-order chi connectivity index (χ0) is 19.1. The number of carbonyl (C=O) groups is 1. The molecule has 0 aromatic carbocycles. The molecule has 0 saturated carbocycles. The molecule has 0 aliphatic heterocycles. The molecule has 0 atom stereocenters. The normalized spacial score (nSPS) is 9.27. The fourth-order valence-electron chi connectivity index (χ4n) is 2.61. The van der Waals surface area contributed by atoms with Gasteiger partial charge in [-0.3, -0.25) is 4.79 Å². The van der Waals surface area contributed by atoms with Crippen molar-refractivity contribution in [2.45, 2.75) is 90.4 Å². The van der Waals surface area contributed by atoms with Crippen molar-refractivity contribution in [1.29, 1.82) is 0 Å². The number of carboxylic acid groups (broad SMARTS) is 1. The van der Waals surface area contributed by atoms with E-state index in [0.717, 1.165) is 19.3 Å². The Labute approximate surface area is 160 Å². The highest BCUT2D eigenvalue weighted by Crippen LogP contribution is 2.12. The Bertz CT molecular complexity index is 520. The quantitative estimate of drug-likeness (QED) is 0.179. The standard InChI is InChI=1S/C24H36O2/c1-2-3-4-5-6-7-8-9-10-11-12-13-14-15-16-17-18-19-20-21-22-23-24(25)26/h2,4-5,7-8,10H,11-23H2,1H3,(H,25,26). The van der Waals surface area contributed by atoms with Crippen LogP contribution in [-0.4, -0.2) is 11.1 Å². The van der Waals surface area contributed by atoms with Crippen molar-refractivity contribution in [3.63, 3.8) is 0 Å². The van der Waals surface area contributed by atoms with Crippen LogP contribution in [0.15, 0.2) is 53.6 Å². The number of hydrogen-bond acceptors (Lipinski definition) is 1. The Morgan fingerprint density at radius 3 is 1.69 bits per heavy atom. The van der Waals surface area contributed by atoms with Crippen molar-refractivity contribution < 1.29 is 9.90 Å². The van der Waals surface area contributed by atoms with Crippen LogP contribution in [0.3, 0.4) is 0 Å². The van der Waals surface area contributed by atoms with Gasteiger partial charge in [0.25, 0.3) is 0 Å². The Kier molecular flexibility index (Phi) is 19.5. The van der Waals surface area contributed by atoms with E-state index in [1.54, 1.807) is 0 Å². The van der Waals surface area contributed by atoms with Gasteiger partial charge in [-0.15, -0.1) is 17.2 Å². The number of unbranched alkanes of at least 4 members (excludes halogenated alkanes) is 11. The summed E-state index contributed by atoms with van der Waals surface area (Å²) in [5.41, 5.74) is 9.14. The molecular formula is C24H36O2. The largest absolute Gasteiger partial charge is 0.481 e. The molecule has 26 heavy (non-hydrogen) atoms. The highest BCUT2D eigenvalue weighted by atomic mass is 16.4. The van der Waals surface area contributed by atoms with Crippen LogP contribution in [0.5, 0.6) is 0 Å². The molecule has 0 heterocycles. The number of rotatable bonds is 16. The van der Waals surface area contributed by atoms with E-state index in [1.807, 2.05) is 37.3 Å². The predicted octanol–water partition coefficient (Wildman–Crippen LogP) is 7.30. The van der Waals surface area contributed by atoms with Gasteiger partial charge < -0.3 is 5.11 Å². The van der Waals surface area contributed by atoms with Crippen LogP contribution in [0.25, 0.3) is 0 Å². The fraction of sp³-hybridized carbons (Fsp3) is 0.583. The summed E-state index contributed by atoms with van der Waals surface area (Å²) in [6.45, 7) is 1.94. The van der Waals surface area contributed by atoms with Crippen molar-refractivity contribution in [3.05, 3.63) is 53.6 Å². The molecule has 0 bridgehead atoms. The molecule has 2 heteroatoms. The Hall–Kier alpha value is -1.97. The number of aliphatic carboxylic acids is 1. The lowest BCUT2D eigenvalue weighted by atomic mass is 10.0. The van der Waals surface area contributed by atoms with Crippen molar-refractivity contribution in [3.8, 4) is 0 Å². The van der Waals surface area contributed by atoms with Gasteiger partial charge in [0.2, 0.25) is 0 Å². The zero-order valence-corrected chi connectivity index (χ0v) is 16.5. The molecule has 0 radical (unpaired) electrons. The molecule has 0 spiro atoms. The summed E-state index contributed by atoms with van der Waals surface area (Å²) in [6, 6.07) is 0. The maximum Gasteiger partial charge on any atom is 0.303 e. The topological polar surface area (TPSA) is 37.3 Å². The predicted molar refractivity (Wildman–Crippen MR) is 111 cm³/mol. The van der Waals surface area contributed by atoms with Gasteiger partial charge >= 0.3 is 5.97 Å². The van der Waals surface area contributed by atoms with Crippen LogP contribution in [0, 0.1) is 0 Å². The van der Waals surface area contributed by atoms with E-state index in [1.165, 1.54) is 57.8 Å². The van der Waals surface area contributed by atoms with E-state index in [0.29, 0.717) is 6.42 Å². The van der Waals surface area contributed by atoms with Gasteiger partial charge in [0.15, 0.2) is 0 Å². The highest BCUT2D eigenvalue weighted by molar-refractivity contribution is 5.66. The van der Waals surface area contributed by atoms with Crippen LogP contribution in [0.1, 0.15) is 90.4 Å². The third-order valence-corrected chi connectivity index (χ3v) is 4.08. The molecule has 0 saturated heterocycles. The lowest BCUT2D eigenvalue weighted by Crippen LogP contribution is -1.93. The third-order valence-electron chi connectivity index (χ3n) is 4.08. The molecule has 0 amide bonds. The number of carboxylic acids is 1. The number of allylic oxidation sites excluding steroid dienone is 3. The van der Waals surface area contributed by atoms with Gasteiger partial charge in [0.05, 0.1) is 0 Å². The minimum atomic E-state index is -0.668. The van der Waals surface area contributed by atoms with E-state index in [9.17, 15) is 4.79 Å². The van der Waals surface area contributed by atoms with E-state index in [-0.39, 0.29) is 0 Å². The molecule has 144 valence electrons. The van der Waals surface area contributed by atoms with Crippen LogP contribution in [0.4, 0.5) is 0 Å². The van der Waals surface area contributed by atoms with Crippen LogP contribution in [-0.2, 0) is 4.79 Å². The van der Waals surface area contributed by atoms with Crippen molar-refractivity contribution in [1.82, 2.24) is 0 Å². The first-order valence-corrected chi connectivity index (χ1v) is 10.2. The van der Waals surface area contributed by atoms with Gasteiger partial charge in [0, 0.05) is 6.42 Å². The van der Waals surface area contributed by atoms with Crippen LogP contribution < -0.4 is 0 Å².